The minimum absolute atomic E-state index is 0.0734. The van der Waals surface area contributed by atoms with E-state index in [0.717, 1.165) is 0 Å². The van der Waals surface area contributed by atoms with Crippen LogP contribution in [0.15, 0.2) is 0 Å². The number of carbonyl (C=O) groups is 2. The molecular weight excluding hydrogens is 248 g/mol. The number of aliphatic hydroxyl groups is 1. The van der Waals surface area contributed by atoms with Crippen LogP contribution < -0.4 is 5.32 Å². The lowest BCUT2D eigenvalue weighted by Crippen LogP contribution is -2.47. The van der Waals surface area contributed by atoms with Gasteiger partial charge in [-0.3, -0.25) is 0 Å². The maximum Gasteiger partial charge on any atom is 0.326 e. The summed E-state index contributed by atoms with van der Waals surface area (Å²) in [6, 6.07) is -1.35. The molecule has 0 spiro atoms. The molecule has 6 nitrogen and oxygen atoms in total. The number of nitrogens with one attached hydrogen (secondary N) is 1. The lowest BCUT2D eigenvalue weighted by Gasteiger charge is -2.29. The number of amides is 2. The maximum absolute atomic E-state index is 12.0. The number of aliphatic carboxylic acids is 1. The van der Waals surface area contributed by atoms with E-state index < -0.39 is 24.1 Å². The minimum Gasteiger partial charge on any atom is -0.480 e. The number of nitrogens with zero attached hydrogens (tertiary/aromatic N) is 1. The first-order chi connectivity index (χ1) is 8.62. The first-order valence-corrected chi connectivity index (χ1v) is 6.58. The second-order valence-corrected chi connectivity index (χ2v) is 6.35. The first-order valence-electron chi connectivity index (χ1n) is 6.58. The molecule has 110 valence electrons. The predicted molar refractivity (Wildman–Crippen MR) is 70.8 cm³/mol. The molecule has 0 aromatic rings. The van der Waals surface area contributed by atoms with Crippen LogP contribution in [-0.2, 0) is 4.79 Å². The Balaban J connectivity index is 2.56. The number of hydrogen-bond acceptors (Lipinski definition) is 3. The summed E-state index contributed by atoms with van der Waals surface area (Å²) in [5.41, 5.74) is 0.0734. The Kier molecular flexibility index (Phi) is 4.79. The fourth-order valence-corrected chi connectivity index (χ4v) is 1.92. The average Bonchev–Trinajstić information content (AvgIpc) is 2.66. The third-order valence-electron chi connectivity index (χ3n) is 3.86. The Morgan fingerprint density at radius 3 is 2.47 bits per heavy atom. The van der Waals surface area contributed by atoms with E-state index in [0.29, 0.717) is 6.54 Å². The number of β-amino-alcohol motifs (C(OH)–C–C–N with tert-alkyl or cyclic N) is 1. The van der Waals surface area contributed by atoms with Gasteiger partial charge in [0.1, 0.15) is 6.04 Å². The molecule has 3 atom stereocenters. The molecule has 0 saturated carbocycles. The van der Waals surface area contributed by atoms with Crippen LogP contribution in [0.3, 0.4) is 0 Å². The molecule has 1 rings (SSSR count). The number of hydrogen-bond donors (Lipinski definition) is 3. The molecule has 6 heteroatoms. The van der Waals surface area contributed by atoms with Crippen molar-refractivity contribution in [3.8, 4) is 0 Å². The molecule has 1 saturated heterocycles. The summed E-state index contributed by atoms with van der Waals surface area (Å²) >= 11 is 0. The number of aliphatic hydroxyl groups excluding tert-OH is 1. The van der Waals surface area contributed by atoms with Crippen molar-refractivity contribution in [3.63, 3.8) is 0 Å². The van der Waals surface area contributed by atoms with Crippen LogP contribution in [-0.4, -0.2) is 52.3 Å². The van der Waals surface area contributed by atoms with Crippen molar-refractivity contribution < 1.29 is 19.8 Å². The van der Waals surface area contributed by atoms with Crippen LogP contribution in [0.1, 0.15) is 34.1 Å². The van der Waals surface area contributed by atoms with Crippen molar-refractivity contribution in [2.45, 2.75) is 46.3 Å². The normalized spacial score (nSPS) is 25.2. The molecule has 1 fully saturated rings. The average molecular weight is 272 g/mol. The van der Waals surface area contributed by atoms with E-state index >= 15 is 0 Å². The smallest absolute Gasteiger partial charge is 0.326 e. The van der Waals surface area contributed by atoms with Crippen LogP contribution in [0.2, 0.25) is 0 Å². The Hall–Kier alpha value is -1.30. The van der Waals surface area contributed by atoms with E-state index in [1.54, 1.807) is 0 Å². The van der Waals surface area contributed by atoms with E-state index in [4.69, 9.17) is 5.11 Å². The van der Waals surface area contributed by atoms with Crippen molar-refractivity contribution in [3.05, 3.63) is 0 Å². The topological polar surface area (TPSA) is 89.9 Å². The molecule has 0 bridgehead atoms. The third-order valence-corrected chi connectivity index (χ3v) is 3.86. The Labute approximate surface area is 113 Å². The second-order valence-electron chi connectivity index (χ2n) is 6.35. The van der Waals surface area contributed by atoms with Crippen molar-refractivity contribution in [2.75, 3.05) is 13.1 Å². The monoisotopic (exact) mass is 272 g/mol. The zero-order valence-electron chi connectivity index (χ0n) is 12.0. The maximum atomic E-state index is 12.0. The number of carboxylic acid groups (broad SMARTS) is 1. The highest BCUT2D eigenvalue weighted by atomic mass is 16.4. The van der Waals surface area contributed by atoms with Crippen LogP contribution in [0, 0.1) is 11.3 Å². The van der Waals surface area contributed by atoms with Gasteiger partial charge in [-0.05, 0) is 11.3 Å². The molecule has 3 N–H and O–H groups in total. The molecule has 0 aromatic heterocycles. The van der Waals surface area contributed by atoms with Crippen molar-refractivity contribution in [1.29, 1.82) is 0 Å². The van der Waals surface area contributed by atoms with Gasteiger partial charge in [-0.1, -0.05) is 27.7 Å². The summed E-state index contributed by atoms with van der Waals surface area (Å²) in [6.45, 7) is 8.86. The second kappa shape index (κ2) is 5.77. The van der Waals surface area contributed by atoms with E-state index in [9.17, 15) is 14.7 Å². The molecule has 0 radical (unpaired) electrons. The van der Waals surface area contributed by atoms with E-state index in [1.807, 2.05) is 6.92 Å². The van der Waals surface area contributed by atoms with Gasteiger partial charge in [0, 0.05) is 19.5 Å². The largest absolute Gasteiger partial charge is 0.480 e. The Morgan fingerprint density at radius 1 is 1.42 bits per heavy atom. The summed E-state index contributed by atoms with van der Waals surface area (Å²) in [7, 11) is 0. The molecule has 2 amide bonds. The van der Waals surface area contributed by atoms with Crippen molar-refractivity contribution >= 4 is 12.0 Å². The van der Waals surface area contributed by atoms with Crippen molar-refractivity contribution in [1.82, 2.24) is 10.2 Å². The van der Waals surface area contributed by atoms with Gasteiger partial charge in [0.2, 0.25) is 0 Å². The van der Waals surface area contributed by atoms with Gasteiger partial charge in [-0.25, -0.2) is 9.59 Å². The lowest BCUT2D eigenvalue weighted by molar-refractivity contribution is -0.141. The number of rotatable bonds is 3. The minimum atomic E-state index is -1.07. The van der Waals surface area contributed by atoms with Gasteiger partial charge in [0.15, 0.2) is 0 Å². The predicted octanol–water partition coefficient (Wildman–Crippen LogP) is 0.898. The zero-order chi connectivity index (χ0) is 14.8. The SMILES string of the molecule is CC(CNC(=O)N1C[C@@H](O)C[C@H]1C(=O)O)C(C)(C)C. The summed E-state index contributed by atoms with van der Waals surface area (Å²) < 4.78 is 0. The summed E-state index contributed by atoms with van der Waals surface area (Å²) in [4.78, 5) is 24.2. The molecule has 0 aromatic carbocycles. The molecule has 1 heterocycles. The number of carbonyl (C=O) groups excluding carboxylic acids is 1. The van der Waals surface area contributed by atoms with Gasteiger partial charge in [0.25, 0.3) is 0 Å². The number of urea groups is 1. The molecule has 1 aliphatic rings. The van der Waals surface area contributed by atoms with Crippen molar-refractivity contribution in [2.24, 2.45) is 11.3 Å². The lowest BCUT2D eigenvalue weighted by atomic mass is 9.82. The van der Waals surface area contributed by atoms with Crippen LogP contribution in [0.25, 0.3) is 0 Å². The van der Waals surface area contributed by atoms with Gasteiger partial charge in [0.05, 0.1) is 6.10 Å². The highest BCUT2D eigenvalue weighted by Crippen LogP contribution is 2.24. The quantitative estimate of drug-likeness (QED) is 0.712. The molecule has 1 unspecified atom stereocenters. The van der Waals surface area contributed by atoms with Gasteiger partial charge in [-0.15, -0.1) is 0 Å². The standard InChI is InChI=1S/C13H24N2O4/c1-8(13(2,3)4)6-14-12(19)15-7-9(16)5-10(15)11(17)18/h8-10,16H,5-7H2,1-4H3,(H,14,19)(H,17,18)/t8?,9-,10-/m0/s1. The molecule has 1 aliphatic heterocycles. The molecule has 0 aliphatic carbocycles. The third kappa shape index (κ3) is 4.09. The van der Waals surface area contributed by atoms with E-state index in [-0.39, 0.29) is 24.3 Å². The summed E-state index contributed by atoms with van der Waals surface area (Å²) in [6.07, 6.45) is -0.663. The fraction of sp³-hybridized carbons (Fsp3) is 0.846. The van der Waals surface area contributed by atoms with Crippen LogP contribution in [0.5, 0.6) is 0 Å². The van der Waals surface area contributed by atoms with Gasteiger partial charge < -0.3 is 20.4 Å². The number of carboxylic acids is 1. The van der Waals surface area contributed by atoms with Gasteiger partial charge >= 0.3 is 12.0 Å². The zero-order valence-corrected chi connectivity index (χ0v) is 12.0. The summed E-state index contributed by atoms with van der Waals surface area (Å²) in [5, 5.41) is 21.3. The number of likely N-dealkylation sites (tertiary alicyclic amines) is 1. The van der Waals surface area contributed by atoms with Crippen LogP contribution >= 0.6 is 0 Å². The Morgan fingerprint density at radius 2 is 2.00 bits per heavy atom. The van der Waals surface area contributed by atoms with E-state index in [2.05, 4.69) is 26.1 Å². The highest BCUT2D eigenvalue weighted by molar-refractivity contribution is 5.83. The highest BCUT2D eigenvalue weighted by Gasteiger charge is 2.39. The first kappa shape index (κ1) is 15.8. The van der Waals surface area contributed by atoms with Gasteiger partial charge in [-0.2, -0.15) is 0 Å². The van der Waals surface area contributed by atoms with E-state index in [1.165, 1.54) is 4.90 Å². The van der Waals surface area contributed by atoms with Crippen LogP contribution in [0.4, 0.5) is 4.79 Å². The fourth-order valence-electron chi connectivity index (χ4n) is 1.92. The summed E-state index contributed by atoms with van der Waals surface area (Å²) in [5.74, 6) is -0.803. The molecular formula is C13H24N2O4. The Bertz CT molecular complexity index is 351. The molecule has 19 heavy (non-hydrogen) atoms.